The fraction of sp³-hybridized carbons (Fsp3) is 0.296. The number of carbonyl (C=O) groups excluding carboxylic acids is 1. The number of aromatic nitrogens is 2. The van der Waals surface area contributed by atoms with Gasteiger partial charge in [0.1, 0.15) is 17.0 Å². The summed E-state index contributed by atoms with van der Waals surface area (Å²) in [5, 5.41) is 10.8. The third kappa shape index (κ3) is 4.81. The summed E-state index contributed by atoms with van der Waals surface area (Å²) in [6.45, 7) is 5.07. The van der Waals surface area contributed by atoms with Crippen LogP contribution < -0.4 is 10.6 Å². The van der Waals surface area contributed by atoms with Gasteiger partial charge in [-0.15, -0.1) is 0 Å². The summed E-state index contributed by atoms with van der Waals surface area (Å²) in [6, 6.07) is 13.4. The number of allylic oxidation sites excluding steroid dienone is 2. The molecule has 9 nitrogen and oxygen atoms in total. The van der Waals surface area contributed by atoms with Gasteiger partial charge in [-0.25, -0.2) is 0 Å². The van der Waals surface area contributed by atoms with E-state index in [-0.39, 0.29) is 5.91 Å². The standard InChI is InChI=1S/C27H29N5O4/c1-19-24(25(31-36-19)20-7-4-3-5-8-20)26(33)29-23-11-10-22(21-9-6-12-28-17-21)30-27(23,34-2)18-32-13-15-35-16-14-32/h3-12,17,30H,13-16,18H2,1-2H3,(H,29,33). The Hall–Kier alpha value is -3.79. The summed E-state index contributed by atoms with van der Waals surface area (Å²) >= 11 is 0. The molecular weight excluding hydrogens is 458 g/mol. The maximum Gasteiger partial charge on any atom is 0.261 e. The van der Waals surface area contributed by atoms with Crippen LogP contribution in [0.1, 0.15) is 21.7 Å². The number of aryl methyl sites for hydroxylation is 1. The molecule has 1 atom stereocenters. The number of hydrogen-bond acceptors (Lipinski definition) is 8. The van der Waals surface area contributed by atoms with Crippen molar-refractivity contribution in [1.29, 1.82) is 0 Å². The summed E-state index contributed by atoms with van der Waals surface area (Å²) in [7, 11) is 1.64. The number of nitrogens with one attached hydrogen (secondary N) is 2. The minimum atomic E-state index is -1.01. The van der Waals surface area contributed by atoms with Crippen LogP contribution in [-0.4, -0.2) is 66.6 Å². The molecule has 1 amide bonds. The van der Waals surface area contributed by atoms with Crippen LogP contribution in [0.5, 0.6) is 0 Å². The lowest BCUT2D eigenvalue weighted by Gasteiger charge is -2.43. The second-order valence-electron chi connectivity index (χ2n) is 8.73. The third-order valence-corrected chi connectivity index (χ3v) is 6.44. The smallest absolute Gasteiger partial charge is 0.261 e. The second-order valence-corrected chi connectivity index (χ2v) is 8.73. The minimum absolute atomic E-state index is 0.317. The van der Waals surface area contributed by atoms with Gasteiger partial charge in [0.25, 0.3) is 5.91 Å². The normalized spacial score (nSPS) is 20.3. The van der Waals surface area contributed by atoms with E-state index in [2.05, 4.69) is 25.7 Å². The lowest BCUT2D eigenvalue weighted by molar-refractivity contribution is -0.0499. The fourth-order valence-electron chi connectivity index (χ4n) is 4.50. The maximum atomic E-state index is 13.6. The van der Waals surface area contributed by atoms with Crippen molar-refractivity contribution in [3.8, 4) is 11.3 Å². The molecule has 1 fully saturated rings. The second kappa shape index (κ2) is 10.4. The quantitative estimate of drug-likeness (QED) is 0.525. The van der Waals surface area contributed by atoms with Crippen molar-refractivity contribution in [2.45, 2.75) is 12.6 Å². The molecule has 2 aliphatic heterocycles. The van der Waals surface area contributed by atoms with Crippen molar-refractivity contribution in [2.75, 3.05) is 40.0 Å². The molecule has 5 rings (SSSR count). The van der Waals surface area contributed by atoms with Gasteiger partial charge < -0.3 is 24.6 Å². The van der Waals surface area contributed by atoms with E-state index < -0.39 is 5.72 Å². The van der Waals surface area contributed by atoms with Gasteiger partial charge in [-0.3, -0.25) is 14.7 Å². The van der Waals surface area contributed by atoms with Crippen LogP contribution in [0.2, 0.25) is 0 Å². The first kappa shape index (κ1) is 23.9. The summed E-state index contributed by atoms with van der Waals surface area (Å²) in [5.41, 5.74) is 3.05. The van der Waals surface area contributed by atoms with Crippen molar-refractivity contribution in [2.24, 2.45) is 0 Å². The number of amides is 1. The molecule has 0 radical (unpaired) electrons. The van der Waals surface area contributed by atoms with Gasteiger partial charge in [-0.1, -0.05) is 35.5 Å². The SMILES string of the molecule is COC1(CN2CCOCC2)NC(c2cccnc2)=CC=C1NC(=O)c1c(-c2ccccc2)noc1C. The van der Waals surface area contributed by atoms with Crippen molar-refractivity contribution < 1.29 is 18.8 Å². The van der Waals surface area contributed by atoms with Crippen molar-refractivity contribution in [1.82, 2.24) is 25.7 Å². The molecule has 3 aromatic rings. The number of pyridine rings is 1. The number of carbonyl (C=O) groups is 1. The first-order valence-corrected chi connectivity index (χ1v) is 11.9. The molecule has 186 valence electrons. The van der Waals surface area contributed by atoms with E-state index in [0.717, 1.165) is 29.9 Å². The highest BCUT2D eigenvalue weighted by Crippen LogP contribution is 2.30. The monoisotopic (exact) mass is 487 g/mol. The van der Waals surface area contributed by atoms with E-state index in [1.807, 2.05) is 54.6 Å². The molecule has 4 heterocycles. The van der Waals surface area contributed by atoms with E-state index >= 15 is 0 Å². The Labute approximate surface area is 209 Å². The highest BCUT2D eigenvalue weighted by molar-refractivity contribution is 6.01. The maximum absolute atomic E-state index is 13.6. The van der Waals surface area contributed by atoms with Gasteiger partial charge >= 0.3 is 0 Å². The Morgan fingerprint density at radius 2 is 1.92 bits per heavy atom. The first-order valence-electron chi connectivity index (χ1n) is 11.9. The molecule has 1 saturated heterocycles. The molecular formula is C27H29N5O4. The lowest BCUT2D eigenvalue weighted by atomic mass is 9.99. The van der Waals surface area contributed by atoms with Gasteiger partial charge in [-0.05, 0) is 31.2 Å². The van der Waals surface area contributed by atoms with Crippen molar-refractivity contribution in [3.63, 3.8) is 0 Å². The number of methoxy groups -OCH3 is 1. The number of ether oxygens (including phenoxy) is 2. The van der Waals surface area contributed by atoms with Gasteiger partial charge in [0.2, 0.25) is 0 Å². The zero-order valence-corrected chi connectivity index (χ0v) is 20.4. The van der Waals surface area contributed by atoms with Crippen molar-refractivity contribution >= 4 is 11.6 Å². The number of nitrogens with zero attached hydrogens (tertiary/aromatic N) is 3. The molecule has 2 N–H and O–H groups in total. The van der Waals surface area contributed by atoms with Crippen LogP contribution in [0.3, 0.4) is 0 Å². The van der Waals surface area contributed by atoms with E-state index in [0.29, 0.717) is 42.5 Å². The first-order chi connectivity index (χ1) is 17.6. The van der Waals surface area contributed by atoms with E-state index in [1.165, 1.54) is 0 Å². The van der Waals surface area contributed by atoms with Crippen LogP contribution in [0.4, 0.5) is 0 Å². The molecule has 2 aliphatic rings. The molecule has 9 heteroatoms. The summed E-state index contributed by atoms with van der Waals surface area (Å²) < 4.78 is 17.1. The molecule has 1 aromatic carbocycles. The Bertz CT molecular complexity index is 1270. The van der Waals surface area contributed by atoms with E-state index in [4.69, 9.17) is 14.0 Å². The van der Waals surface area contributed by atoms with E-state index in [1.54, 1.807) is 26.4 Å². The number of benzene rings is 1. The van der Waals surface area contributed by atoms with Gasteiger partial charge in [0.15, 0.2) is 5.72 Å². The highest BCUT2D eigenvalue weighted by atomic mass is 16.5. The van der Waals surface area contributed by atoms with Crippen molar-refractivity contribution in [3.05, 3.63) is 89.6 Å². The predicted octanol–water partition coefficient (Wildman–Crippen LogP) is 2.98. The summed E-state index contributed by atoms with van der Waals surface area (Å²) in [4.78, 5) is 20.1. The zero-order valence-electron chi connectivity index (χ0n) is 20.4. The molecule has 36 heavy (non-hydrogen) atoms. The molecule has 0 bridgehead atoms. The third-order valence-electron chi connectivity index (χ3n) is 6.44. The summed E-state index contributed by atoms with van der Waals surface area (Å²) in [5.74, 6) is 0.126. The number of hydrogen-bond donors (Lipinski definition) is 2. The Balaban J connectivity index is 1.49. The largest absolute Gasteiger partial charge is 0.379 e. The number of dihydropyridines is 1. The molecule has 1 unspecified atom stereocenters. The molecule has 2 aromatic heterocycles. The number of rotatable bonds is 7. The van der Waals surface area contributed by atoms with Gasteiger partial charge in [-0.2, -0.15) is 0 Å². The Morgan fingerprint density at radius 1 is 1.14 bits per heavy atom. The van der Waals surface area contributed by atoms with Crippen LogP contribution in [0.15, 0.2) is 77.2 Å². The lowest BCUT2D eigenvalue weighted by Crippen LogP contribution is -2.60. The van der Waals surface area contributed by atoms with Gasteiger partial charge in [0, 0.05) is 49.4 Å². The molecule has 0 spiro atoms. The van der Waals surface area contributed by atoms with Crippen LogP contribution in [0.25, 0.3) is 17.0 Å². The van der Waals surface area contributed by atoms with E-state index in [9.17, 15) is 4.79 Å². The van der Waals surface area contributed by atoms with Crippen LogP contribution in [0, 0.1) is 6.92 Å². The zero-order chi connectivity index (χ0) is 25.0. The predicted molar refractivity (Wildman–Crippen MR) is 135 cm³/mol. The average Bonchev–Trinajstić information content (AvgIpc) is 3.32. The Morgan fingerprint density at radius 3 is 2.64 bits per heavy atom. The highest BCUT2D eigenvalue weighted by Gasteiger charge is 2.41. The van der Waals surface area contributed by atoms with Crippen LogP contribution >= 0.6 is 0 Å². The van der Waals surface area contributed by atoms with Gasteiger partial charge in [0.05, 0.1) is 25.5 Å². The summed E-state index contributed by atoms with van der Waals surface area (Å²) in [6.07, 6.45) is 7.32. The fourth-order valence-corrected chi connectivity index (χ4v) is 4.50. The van der Waals surface area contributed by atoms with Crippen LogP contribution in [-0.2, 0) is 9.47 Å². The number of morpholine rings is 1. The topological polar surface area (TPSA) is 102 Å². The molecule has 0 aliphatic carbocycles. The average molecular weight is 488 g/mol. The minimum Gasteiger partial charge on any atom is -0.379 e. The Kier molecular flexibility index (Phi) is 6.95. The molecule has 0 saturated carbocycles.